The standard InChI is InChI=1S/C13H19BrN2O/c1-15(2)12-5-6-16(8-12)13-4-3-11(14)7-10(13)9-17/h3-4,7,12,17H,5-6,8-9H2,1-2H3. The third-order valence-electron chi connectivity index (χ3n) is 3.45. The Morgan fingerprint density at radius 3 is 2.82 bits per heavy atom. The van der Waals surface area contributed by atoms with Crippen LogP contribution in [-0.4, -0.2) is 43.2 Å². The van der Waals surface area contributed by atoms with Gasteiger partial charge in [-0.15, -0.1) is 0 Å². The molecule has 1 aromatic rings. The van der Waals surface area contributed by atoms with Crippen molar-refractivity contribution in [2.75, 3.05) is 32.1 Å². The van der Waals surface area contributed by atoms with Crippen molar-refractivity contribution < 1.29 is 5.11 Å². The zero-order chi connectivity index (χ0) is 12.4. The second kappa shape index (κ2) is 5.38. The molecule has 0 bridgehead atoms. The zero-order valence-electron chi connectivity index (χ0n) is 10.4. The maximum atomic E-state index is 9.42. The maximum Gasteiger partial charge on any atom is 0.0702 e. The predicted molar refractivity (Wildman–Crippen MR) is 74.4 cm³/mol. The van der Waals surface area contributed by atoms with Crippen LogP contribution in [0.5, 0.6) is 0 Å². The molecule has 3 nitrogen and oxygen atoms in total. The van der Waals surface area contributed by atoms with Gasteiger partial charge in [-0.1, -0.05) is 15.9 Å². The number of aliphatic hydroxyl groups is 1. The largest absolute Gasteiger partial charge is 0.392 e. The van der Waals surface area contributed by atoms with Gasteiger partial charge in [0.15, 0.2) is 0 Å². The monoisotopic (exact) mass is 298 g/mol. The molecular formula is C13H19BrN2O. The van der Waals surface area contributed by atoms with Crippen molar-refractivity contribution in [3.05, 3.63) is 28.2 Å². The van der Waals surface area contributed by atoms with Crippen LogP contribution in [0.1, 0.15) is 12.0 Å². The number of likely N-dealkylation sites (N-methyl/N-ethyl adjacent to an activating group) is 1. The van der Waals surface area contributed by atoms with Gasteiger partial charge in [0.05, 0.1) is 6.61 Å². The Balaban J connectivity index is 2.18. The highest BCUT2D eigenvalue weighted by molar-refractivity contribution is 9.10. The first-order valence-corrected chi connectivity index (χ1v) is 6.71. The highest BCUT2D eigenvalue weighted by atomic mass is 79.9. The van der Waals surface area contributed by atoms with Gasteiger partial charge in [-0.05, 0) is 38.7 Å². The number of hydrogen-bond donors (Lipinski definition) is 1. The van der Waals surface area contributed by atoms with Crippen molar-refractivity contribution in [2.24, 2.45) is 0 Å². The molecule has 0 radical (unpaired) electrons. The summed E-state index contributed by atoms with van der Waals surface area (Å²) in [4.78, 5) is 4.64. The third kappa shape index (κ3) is 2.81. The summed E-state index contributed by atoms with van der Waals surface area (Å²) in [5, 5.41) is 9.42. The van der Waals surface area contributed by atoms with Crippen LogP contribution in [0.25, 0.3) is 0 Å². The molecule has 1 saturated heterocycles. The van der Waals surface area contributed by atoms with Crippen LogP contribution in [0.15, 0.2) is 22.7 Å². The number of hydrogen-bond acceptors (Lipinski definition) is 3. The second-order valence-corrected chi connectivity index (χ2v) is 5.70. The molecule has 1 fully saturated rings. The number of halogens is 1. The molecule has 0 spiro atoms. The van der Waals surface area contributed by atoms with Crippen LogP contribution < -0.4 is 4.90 Å². The van der Waals surface area contributed by atoms with Gasteiger partial charge in [-0.2, -0.15) is 0 Å². The summed E-state index contributed by atoms with van der Waals surface area (Å²) in [7, 11) is 4.26. The van der Waals surface area contributed by atoms with Gasteiger partial charge < -0.3 is 14.9 Å². The average Bonchev–Trinajstić information content (AvgIpc) is 2.78. The summed E-state index contributed by atoms with van der Waals surface area (Å²) >= 11 is 3.44. The van der Waals surface area contributed by atoms with E-state index < -0.39 is 0 Å². The summed E-state index contributed by atoms with van der Waals surface area (Å²) in [5.41, 5.74) is 2.17. The van der Waals surface area contributed by atoms with Gasteiger partial charge in [0, 0.05) is 34.9 Å². The SMILES string of the molecule is CN(C)C1CCN(c2ccc(Br)cc2CO)C1. The fourth-order valence-electron chi connectivity index (χ4n) is 2.37. The summed E-state index contributed by atoms with van der Waals surface area (Å²) in [5.74, 6) is 0. The number of rotatable bonds is 3. The van der Waals surface area contributed by atoms with E-state index in [1.165, 1.54) is 12.1 Å². The zero-order valence-corrected chi connectivity index (χ0v) is 11.9. The van der Waals surface area contributed by atoms with E-state index in [1.54, 1.807) is 0 Å². The lowest BCUT2D eigenvalue weighted by molar-refractivity contribution is 0.282. The van der Waals surface area contributed by atoms with E-state index >= 15 is 0 Å². The second-order valence-electron chi connectivity index (χ2n) is 4.78. The Bertz CT molecular complexity index is 395. The number of nitrogens with zero attached hydrogens (tertiary/aromatic N) is 2. The highest BCUT2D eigenvalue weighted by Crippen LogP contribution is 2.28. The van der Waals surface area contributed by atoms with Gasteiger partial charge in [0.1, 0.15) is 0 Å². The molecule has 1 heterocycles. The minimum Gasteiger partial charge on any atom is -0.392 e. The van der Waals surface area contributed by atoms with Crippen molar-refractivity contribution in [1.29, 1.82) is 0 Å². The topological polar surface area (TPSA) is 26.7 Å². The molecule has 0 amide bonds. The van der Waals surface area contributed by atoms with Gasteiger partial charge in [-0.3, -0.25) is 0 Å². The number of benzene rings is 1. The molecule has 17 heavy (non-hydrogen) atoms. The van der Waals surface area contributed by atoms with Crippen molar-refractivity contribution >= 4 is 21.6 Å². The molecule has 1 aliphatic heterocycles. The summed E-state index contributed by atoms with van der Waals surface area (Å²) in [6.45, 7) is 2.21. The number of aliphatic hydroxyl groups excluding tert-OH is 1. The van der Waals surface area contributed by atoms with Gasteiger partial charge in [0.2, 0.25) is 0 Å². The lowest BCUT2D eigenvalue weighted by Gasteiger charge is -2.23. The molecule has 0 aromatic heterocycles. The van der Waals surface area contributed by atoms with Crippen molar-refractivity contribution in [2.45, 2.75) is 19.1 Å². The van der Waals surface area contributed by atoms with Crippen LogP contribution >= 0.6 is 15.9 Å². The molecule has 1 N–H and O–H groups in total. The minimum atomic E-state index is 0.0951. The van der Waals surface area contributed by atoms with E-state index in [4.69, 9.17) is 0 Å². The Kier molecular flexibility index (Phi) is 4.07. The molecule has 0 aliphatic carbocycles. The first kappa shape index (κ1) is 12.9. The van der Waals surface area contributed by atoms with Crippen molar-refractivity contribution in [3.8, 4) is 0 Å². The molecular weight excluding hydrogens is 280 g/mol. The van der Waals surface area contributed by atoms with Crippen molar-refractivity contribution in [3.63, 3.8) is 0 Å². The van der Waals surface area contributed by atoms with E-state index in [2.05, 4.69) is 45.9 Å². The smallest absolute Gasteiger partial charge is 0.0702 e. The van der Waals surface area contributed by atoms with E-state index in [-0.39, 0.29) is 6.61 Å². The Labute approximate surface area is 111 Å². The summed E-state index contributed by atoms with van der Waals surface area (Å²) in [6, 6.07) is 6.74. The Morgan fingerprint density at radius 1 is 1.47 bits per heavy atom. The predicted octanol–water partition coefficient (Wildman–Crippen LogP) is 2.08. The Hall–Kier alpha value is -0.580. The van der Waals surface area contributed by atoms with Crippen LogP contribution in [0.3, 0.4) is 0 Å². The van der Waals surface area contributed by atoms with Gasteiger partial charge in [-0.25, -0.2) is 0 Å². The van der Waals surface area contributed by atoms with Crippen LogP contribution in [0.2, 0.25) is 0 Å². The quantitative estimate of drug-likeness (QED) is 0.926. The van der Waals surface area contributed by atoms with Crippen molar-refractivity contribution in [1.82, 2.24) is 4.90 Å². The first-order valence-electron chi connectivity index (χ1n) is 5.92. The molecule has 0 saturated carbocycles. The molecule has 4 heteroatoms. The lowest BCUT2D eigenvalue weighted by atomic mass is 10.1. The lowest BCUT2D eigenvalue weighted by Crippen LogP contribution is -2.31. The van der Waals surface area contributed by atoms with Gasteiger partial charge >= 0.3 is 0 Å². The molecule has 94 valence electrons. The van der Waals surface area contributed by atoms with E-state index in [0.29, 0.717) is 6.04 Å². The van der Waals surface area contributed by atoms with Crippen LogP contribution in [-0.2, 0) is 6.61 Å². The number of anilines is 1. The molecule has 1 atom stereocenters. The third-order valence-corrected chi connectivity index (χ3v) is 3.94. The molecule has 2 rings (SSSR count). The normalized spacial score (nSPS) is 20.3. The summed E-state index contributed by atoms with van der Waals surface area (Å²) < 4.78 is 1.02. The molecule has 1 unspecified atom stereocenters. The highest BCUT2D eigenvalue weighted by Gasteiger charge is 2.25. The minimum absolute atomic E-state index is 0.0951. The molecule has 1 aliphatic rings. The Morgan fingerprint density at radius 2 is 2.24 bits per heavy atom. The summed E-state index contributed by atoms with van der Waals surface area (Å²) in [6.07, 6.45) is 1.19. The molecule has 1 aromatic carbocycles. The fraction of sp³-hybridized carbons (Fsp3) is 0.538. The van der Waals surface area contributed by atoms with E-state index in [9.17, 15) is 5.11 Å². The van der Waals surface area contributed by atoms with E-state index in [1.807, 2.05) is 12.1 Å². The fourth-order valence-corrected chi connectivity index (χ4v) is 2.78. The first-order chi connectivity index (χ1) is 8.11. The average molecular weight is 299 g/mol. The van der Waals surface area contributed by atoms with Crippen LogP contribution in [0, 0.1) is 0 Å². The van der Waals surface area contributed by atoms with E-state index in [0.717, 1.165) is 23.1 Å². The maximum absolute atomic E-state index is 9.42. The van der Waals surface area contributed by atoms with Gasteiger partial charge in [0.25, 0.3) is 0 Å². The van der Waals surface area contributed by atoms with Crippen LogP contribution in [0.4, 0.5) is 5.69 Å².